The van der Waals surface area contributed by atoms with Gasteiger partial charge < -0.3 is 5.32 Å². The molecule has 0 fully saturated rings. The number of nitrogens with zero attached hydrogens (tertiary/aromatic N) is 1. The van der Waals surface area contributed by atoms with E-state index in [-0.39, 0.29) is 0 Å². The molecule has 4 nitrogen and oxygen atoms in total. The van der Waals surface area contributed by atoms with Crippen LogP contribution in [0.3, 0.4) is 0 Å². The monoisotopic (exact) mass is 241 g/mol. The molecule has 1 amide bonds. The smallest absolute Gasteiger partial charge is 0.228 e. The minimum Gasteiger partial charge on any atom is -0.381 e. The van der Waals surface area contributed by atoms with Gasteiger partial charge in [-0.15, -0.1) is 0 Å². The van der Waals surface area contributed by atoms with Crippen LogP contribution in [-0.2, 0) is 11.3 Å². The Kier molecular flexibility index (Phi) is 3.94. The van der Waals surface area contributed by atoms with Crippen LogP contribution in [0.1, 0.15) is 5.56 Å². The molecule has 2 aromatic rings. The molecular weight excluding hydrogens is 226 g/mol. The van der Waals surface area contributed by atoms with E-state index >= 15 is 0 Å². The van der Waals surface area contributed by atoms with Crippen LogP contribution in [0.25, 0.3) is 0 Å². The van der Waals surface area contributed by atoms with E-state index in [1.54, 1.807) is 12.1 Å². The second kappa shape index (κ2) is 5.84. The summed E-state index contributed by atoms with van der Waals surface area (Å²) in [6.07, 6.45) is 0.576. The maximum Gasteiger partial charge on any atom is 0.228 e. The lowest BCUT2D eigenvalue weighted by atomic mass is 10.2. The van der Waals surface area contributed by atoms with Crippen LogP contribution in [0.15, 0.2) is 54.6 Å². The molecule has 4 heteroatoms. The standard InChI is InChI=1S/C14H15N3O/c15-17(11-18)14-8-6-13(7-9-14)16-10-12-4-2-1-3-5-12/h1-9,11,16H,10,15H2. The Morgan fingerprint density at radius 1 is 1.06 bits per heavy atom. The third kappa shape index (κ3) is 3.09. The number of rotatable bonds is 5. The van der Waals surface area contributed by atoms with E-state index in [0.717, 1.165) is 17.2 Å². The van der Waals surface area contributed by atoms with E-state index in [1.165, 1.54) is 5.56 Å². The molecule has 0 aromatic heterocycles. The van der Waals surface area contributed by atoms with Crippen LogP contribution in [-0.4, -0.2) is 6.41 Å². The van der Waals surface area contributed by atoms with E-state index in [1.807, 2.05) is 30.3 Å². The fourth-order valence-corrected chi connectivity index (χ4v) is 1.61. The summed E-state index contributed by atoms with van der Waals surface area (Å²) in [5, 5.41) is 4.34. The van der Waals surface area contributed by atoms with Crippen molar-refractivity contribution in [3.05, 3.63) is 60.2 Å². The van der Waals surface area contributed by atoms with Crippen LogP contribution in [0.4, 0.5) is 11.4 Å². The number of carbonyl (C=O) groups excluding carboxylic acids is 1. The Labute approximate surface area is 106 Å². The molecule has 18 heavy (non-hydrogen) atoms. The third-order valence-corrected chi connectivity index (χ3v) is 2.62. The summed E-state index contributed by atoms with van der Waals surface area (Å²) in [6, 6.07) is 17.5. The number of amides is 1. The summed E-state index contributed by atoms with van der Waals surface area (Å²) in [5.74, 6) is 5.45. The SMILES string of the molecule is NN(C=O)c1ccc(NCc2ccccc2)cc1. The largest absolute Gasteiger partial charge is 0.381 e. The fourth-order valence-electron chi connectivity index (χ4n) is 1.61. The van der Waals surface area contributed by atoms with E-state index in [2.05, 4.69) is 17.4 Å². The minimum absolute atomic E-state index is 0.576. The van der Waals surface area contributed by atoms with Gasteiger partial charge in [-0.25, -0.2) is 5.84 Å². The van der Waals surface area contributed by atoms with Crippen LogP contribution < -0.4 is 16.2 Å². The number of nitrogens with two attached hydrogens (primary N) is 1. The number of hydrogen-bond acceptors (Lipinski definition) is 3. The molecule has 0 spiro atoms. The van der Waals surface area contributed by atoms with Crippen molar-refractivity contribution >= 4 is 17.8 Å². The summed E-state index contributed by atoms with van der Waals surface area (Å²) < 4.78 is 0. The van der Waals surface area contributed by atoms with Gasteiger partial charge in [-0.05, 0) is 29.8 Å². The second-order valence-electron chi connectivity index (χ2n) is 3.90. The van der Waals surface area contributed by atoms with Crippen LogP contribution in [0.2, 0.25) is 0 Å². The Hall–Kier alpha value is -2.33. The van der Waals surface area contributed by atoms with E-state index in [0.29, 0.717) is 12.1 Å². The van der Waals surface area contributed by atoms with Gasteiger partial charge in [0.2, 0.25) is 6.41 Å². The Balaban J connectivity index is 1.96. The fraction of sp³-hybridized carbons (Fsp3) is 0.0714. The molecule has 0 atom stereocenters. The highest BCUT2D eigenvalue weighted by atomic mass is 16.1. The molecule has 0 radical (unpaired) electrons. The molecule has 0 saturated carbocycles. The predicted molar refractivity (Wildman–Crippen MR) is 72.9 cm³/mol. The minimum atomic E-state index is 0.576. The number of carbonyl (C=O) groups is 1. The van der Waals surface area contributed by atoms with Crippen molar-refractivity contribution in [2.24, 2.45) is 5.84 Å². The maximum absolute atomic E-state index is 10.5. The summed E-state index contributed by atoms with van der Waals surface area (Å²) in [4.78, 5) is 10.5. The highest BCUT2D eigenvalue weighted by Gasteiger charge is 1.99. The second-order valence-corrected chi connectivity index (χ2v) is 3.90. The van der Waals surface area contributed by atoms with Crippen molar-refractivity contribution < 1.29 is 4.79 Å². The molecule has 92 valence electrons. The molecule has 0 aliphatic rings. The molecule has 2 aromatic carbocycles. The van der Waals surface area contributed by atoms with Crippen LogP contribution in [0.5, 0.6) is 0 Å². The lowest BCUT2D eigenvalue weighted by Crippen LogP contribution is -2.28. The van der Waals surface area contributed by atoms with Gasteiger partial charge >= 0.3 is 0 Å². The molecule has 3 N–H and O–H groups in total. The third-order valence-electron chi connectivity index (χ3n) is 2.62. The van der Waals surface area contributed by atoms with Crippen LogP contribution in [0, 0.1) is 0 Å². The van der Waals surface area contributed by atoms with Gasteiger partial charge in [-0.3, -0.25) is 9.80 Å². The first-order valence-corrected chi connectivity index (χ1v) is 5.66. The van der Waals surface area contributed by atoms with Crippen molar-refractivity contribution in [1.82, 2.24) is 0 Å². The number of hydrogen-bond donors (Lipinski definition) is 2. The lowest BCUT2D eigenvalue weighted by Gasteiger charge is -2.11. The molecule has 0 aliphatic carbocycles. The van der Waals surface area contributed by atoms with Gasteiger partial charge in [0.25, 0.3) is 0 Å². The first-order chi connectivity index (χ1) is 8.79. The summed E-state index contributed by atoms with van der Waals surface area (Å²) in [6.45, 7) is 0.764. The highest BCUT2D eigenvalue weighted by Crippen LogP contribution is 2.15. The summed E-state index contributed by atoms with van der Waals surface area (Å²) >= 11 is 0. The van der Waals surface area contributed by atoms with Crippen molar-refractivity contribution in [3.8, 4) is 0 Å². The number of hydrazine groups is 1. The topological polar surface area (TPSA) is 58.4 Å². The zero-order valence-electron chi connectivity index (χ0n) is 9.91. The van der Waals surface area contributed by atoms with Gasteiger partial charge in [-0.2, -0.15) is 0 Å². The van der Waals surface area contributed by atoms with Crippen molar-refractivity contribution in [2.45, 2.75) is 6.54 Å². The average molecular weight is 241 g/mol. The van der Waals surface area contributed by atoms with E-state index < -0.39 is 0 Å². The maximum atomic E-state index is 10.5. The Morgan fingerprint density at radius 3 is 2.33 bits per heavy atom. The van der Waals surface area contributed by atoms with Crippen LogP contribution >= 0.6 is 0 Å². The van der Waals surface area contributed by atoms with E-state index in [9.17, 15) is 4.79 Å². The Morgan fingerprint density at radius 2 is 1.72 bits per heavy atom. The first-order valence-electron chi connectivity index (χ1n) is 5.66. The highest BCUT2D eigenvalue weighted by molar-refractivity contribution is 5.74. The Bertz CT molecular complexity index is 496. The summed E-state index contributed by atoms with van der Waals surface area (Å²) in [7, 11) is 0. The average Bonchev–Trinajstić information content (AvgIpc) is 2.46. The molecule has 0 bridgehead atoms. The predicted octanol–water partition coefficient (Wildman–Crippen LogP) is 2.14. The van der Waals surface area contributed by atoms with Gasteiger partial charge in [0.1, 0.15) is 0 Å². The molecule has 0 aliphatic heterocycles. The van der Waals surface area contributed by atoms with Gasteiger partial charge in [0, 0.05) is 12.2 Å². The number of nitrogens with one attached hydrogen (secondary N) is 1. The van der Waals surface area contributed by atoms with Gasteiger partial charge in [0.15, 0.2) is 0 Å². The molecule has 0 unspecified atom stereocenters. The van der Waals surface area contributed by atoms with Crippen molar-refractivity contribution in [2.75, 3.05) is 10.3 Å². The molecule has 0 heterocycles. The number of anilines is 2. The molecular formula is C14H15N3O. The lowest BCUT2D eigenvalue weighted by molar-refractivity contribution is -0.107. The van der Waals surface area contributed by atoms with E-state index in [4.69, 9.17) is 5.84 Å². The van der Waals surface area contributed by atoms with Gasteiger partial charge in [-0.1, -0.05) is 30.3 Å². The van der Waals surface area contributed by atoms with Gasteiger partial charge in [0.05, 0.1) is 5.69 Å². The molecule has 0 saturated heterocycles. The quantitative estimate of drug-likeness (QED) is 0.365. The first kappa shape index (κ1) is 12.1. The van der Waals surface area contributed by atoms with Crippen molar-refractivity contribution in [1.29, 1.82) is 0 Å². The zero-order chi connectivity index (χ0) is 12.8. The summed E-state index contributed by atoms with van der Waals surface area (Å²) in [5.41, 5.74) is 2.87. The number of benzene rings is 2. The zero-order valence-corrected chi connectivity index (χ0v) is 9.91. The molecule has 2 rings (SSSR count). The van der Waals surface area contributed by atoms with Crippen molar-refractivity contribution in [3.63, 3.8) is 0 Å². The normalized spacial score (nSPS) is 9.83.